The van der Waals surface area contributed by atoms with Crippen LogP contribution < -0.4 is 15.2 Å². The first-order chi connectivity index (χ1) is 10.6. The number of anilines is 1. The maximum Gasteiger partial charge on any atom is 0.184 e. The highest BCUT2D eigenvalue weighted by Crippen LogP contribution is 2.32. The summed E-state index contributed by atoms with van der Waals surface area (Å²) < 4.78 is 25.9. The summed E-state index contributed by atoms with van der Waals surface area (Å²) in [5.41, 5.74) is 7.13. The van der Waals surface area contributed by atoms with Crippen LogP contribution in [0.3, 0.4) is 0 Å². The summed E-state index contributed by atoms with van der Waals surface area (Å²) in [6.45, 7) is 2.39. The van der Waals surface area contributed by atoms with Gasteiger partial charge in [0.25, 0.3) is 0 Å². The number of aromatic nitrogens is 3. The van der Waals surface area contributed by atoms with Gasteiger partial charge < -0.3 is 15.2 Å². The largest absolute Gasteiger partial charge is 0.493 e. The molecule has 2 aromatic heterocycles. The van der Waals surface area contributed by atoms with Crippen molar-refractivity contribution in [2.75, 3.05) is 19.5 Å². The maximum atomic E-state index is 13.6. The summed E-state index contributed by atoms with van der Waals surface area (Å²) in [6.07, 6.45) is 1.30. The lowest BCUT2D eigenvalue weighted by Gasteiger charge is -2.10. The molecule has 0 unspecified atom stereocenters. The van der Waals surface area contributed by atoms with Gasteiger partial charge in [-0.05, 0) is 25.1 Å². The van der Waals surface area contributed by atoms with Gasteiger partial charge in [0.05, 0.1) is 19.4 Å². The van der Waals surface area contributed by atoms with Crippen LogP contribution in [0.4, 0.5) is 10.1 Å². The normalized spacial score (nSPS) is 10.9. The molecule has 0 aliphatic heterocycles. The number of hydrogen-bond acceptors (Lipinski definition) is 5. The molecule has 0 aliphatic rings. The van der Waals surface area contributed by atoms with E-state index < -0.39 is 5.82 Å². The molecular formula is C15H15FN4O2. The van der Waals surface area contributed by atoms with Crippen LogP contribution in [-0.2, 0) is 0 Å². The molecule has 0 saturated heterocycles. The van der Waals surface area contributed by atoms with Gasteiger partial charge in [-0.2, -0.15) is 0 Å². The lowest BCUT2D eigenvalue weighted by atomic mass is 10.2. The molecule has 3 rings (SSSR count). The molecule has 0 radical (unpaired) electrons. The predicted octanol–water partition coefficient (Wildman–Crippen LogP) is 2.52. The van der Waals surface area contributed by atoms with E-state index in [0.717, 1.165) is 5.56 Å². The van der Waals surface area contributed by atoms with Crippen LogP contribution in [-0.4, -0.2) is 28.3 Å². The molecule has 0 aliphatic carbocycles. The van der Waals surface area contributed by atoms with Crippen LogP contribution in [0.5, 0.6) is 11.5 Å². The second kappa shape index (κ2) is 5.51. The number of ether oxygens (including phenoxy) is 2. The first kappa shape index (κ1) is 14.1. The number of methoxy groups -OCH3 is 1. The fraction of sp³-hybridized carbons (Fsp3) is 0.200. The molecule has 0 fully saturated rings. The van der Waals surface area contributed by atoms with E-state index in [-0.39, 0.29) is 5.69 Å². The van der Waals surface area contributed by atoms with Crippen LogP contribution in [0.15, 0.2) is 30.5 Å². The number of nitrogens with two attached hydrogens (primary N) is 1. The summed E-state index contributed by atoms with van der Waals surface area (Å²) in [5, 5.41) is 8.10. The monoisotopic (exact) mass is 302 g/mol. The van der Waals surface area contributed by atoms with Gasteiger partial charge in [-0.25, -0.2) is 4.39 Å². The lowest BCUT2D eigenvalue weighted by Crippen LogP contribution is -1.98. The van der Waals surface area contributed by atoms with Gasteiger partial charge in [-0.1, -0.05) is 0 Å². The highest BCUT2D eigenvalue weighted by Gasteiger charge is 2.14. The molecule has 0 saturated carbocycles. The van der Waals surface area contributed by atoms with Crippen molar-refractivity contribution in [3.05, 3.63) is 36.3 Å². The van der Waals surface area contributed by atoms with Crippen LogP contribution in [0.2, 0.25) is 0 Å². The van der Waals surface area contributed by atoms with Crippen LogP contribution in [0.1, 0.15) is 6.92 Å². The Kier molecular flexibility index (Phi) is 3.54. The highest BCUT2D eigenvalue weighted by molar-refractivity contribution is 5.70. The topological polar surface area (TPSA) is 74.7 Å². The molecule has 22 heavy (non-hydrogen) atoms. The third kappa shape index (κ3) is 2.30. The zero-order valence-electron chi connectivity index (χ0n) is 12.2. The fourth-order valence-corrected chi connectivity index (χ4v) is 2.27. The minimum absolute atomic E-state index is 0.234. The number of rotatable bonds is 4. The molecule has 2 N–H and O–H groups in total. The zero-order valence-corrected chi connectivity index (χ0v) is 12.2. The van der Waals surface area contributed by atoms with Gasteiger partial charge in [0.1, 0.15) is 5.82 Å². The molecule has 3 aromatic rings. The van der Waals surface area contributed by atoms with E-state index in [1.165, 1.54) is 16.7 Å². The van der Waals surface area contributed by atoms with Gasteiger partial charge in [0.15, 0.2) is 23.0 Å². The Morgan fingerprint density at radius 2 is 2.05 bits per heavy atom. The standard InChI is InChI=1S/C15H15FN4O2/c1-3-22-13-6-9(4-5-12(13)21-2)14-18-19-15-11(17)7-10(16)8-20(14)15/h4-8H,3,17H2,1-2H3. The second-order valence-corrected chi connectivity index (χ2v) is 4.63. The van der Waals surface area contributed by atoms with E-state index in [2.05, 4.69) is 10.2 Å². The Hall–Kier alpha value is -2.83. The van der Waals surface area contributed by atoms with E-state index in [9.17, 15) is 4.39 Å². The van der Waals surface area contributed by atoms with E-state index in [1.807, 2.05) is 6.92 Å². The minimum Gasteiger partial charge on any atom is -0.493 e. The Bertz CT molecular complexity index is 832. The van der Waals surface area contributed by atoms with Crippen LogP contribution in [0, 0.1) is 5.82 Å². The number of fused-ring (bicyclic) bond motifs is 1. The van der Waals surface area contributed by atoms with Crippen molar-refractivity contribution in [1.29, 1.82) is 0 Å². The van der Waals surface area contributed by atoms with Crippen molar-refractivity contribution >= 4 is 11.3 Å². The molecule has 6 nitrogen and oxygen atoms in total. The number of nitrogens with zero attached hydrogens (tertiary/aromatic N) is 3. The number of halogens is 1. The minimum atomic E-state index is -0.454. The van der Waals surface area contributed by atoms with E-state index in [4.69, 9.17) is 15.2 Å². The molecule has 7 heteroatoms. The maximum absolute atomic E-state index is 13.6. The van der Waals surface area contributed by atoms with Gasteiger partial charge in [-0.3, -0.25) is 4.40 Å². The molecule has 2 heterocycles. The SMILES string of the molecule is CCOc1cc(-c2nnc3c(N)cc(F)cn23)ccc1OC. The van der Waals surface area contributed by atoms with Crippen molar-refractivity contribution < 1.29 is 13.9 Å². The number of benzene rings is 1. The summed E-state index contributed by atoms with van der Waals surface area (Å²) in [7, 11) is 1.57. The van der Waals surface area contributed by atoms with Crippen molar-refractivity contribution in [1.82, 2.24) is 14.6 Å². The Morgan fingerprint density at radius 3 is 2.77 bits per heavy atom. The highest BCUT2D eigenvalue weighted by atomic mass is 19.1. The van der Waals surface area contributed by atoms with Crippen molar-refractivity contribution in [3.8, 4) is 22.9 Å². The van der Waals surface area contributed by atoms with Gasteiger partial charge in [-0.15, -0.1) is 10.2 Å². The molecule has 1 aromatic carbocycles. The average Bonchev–Trinajstić information content (AvgIpc) is 2.91. The molecule has 0 spiro atoms. The third-order valence-electron chi connectivity index (χ3n) is 3.22. The summed E-state index contributed by atoms with van der Waals surface area (Å²) in [5.74, 6) is 1.23. The number of pyridine rings is 1. The molecule has 0 bridgehead atoms. The average molecular weight is 302 g/mol. The van der Waals surface area contributed by atoms with Gasteiger partial charge in [0, 0.05) is 17.8 Å². The van der Waals surface area contributed by atoms with Crippen molar-refractivity contribution in [3.63, 3.8) is 0 Å². The van der Waals surface area contributed by atoms with Crippen LogP contribution in [0.25, 0.3) is 17.0 Å². The lowest BCUT2D eigenvalue weighted by molar-refractivity contribution is 0.311. The summed E-state index contributed by atoms with van der Waals surface area (Å²) >= 11 is 0. The van der Waals surface area contributed by atoms with Gasteiger partial charge >= 0.3 is 0 Å². The third-order valence-corrected chi connectivity index (χ3v) is 3.22. The summed E-state index contributed by atoms with van der Waals surface area (Å²) in [6, 6.07) is 6.57. The van der Waals surface area contributed by atoms with Crippen LogP contribution >= 0.6 is 0 Å². The zero-order chi connectivity index (χ0) is 15.7. The molecular weight excluding hydrogens is 287 g/mol. The first-order valence-corrected chi connectivity index (χ1v) is 6.75. The second-order valence-electron chi connectivity index (χ2n) is 4.63. The Balaban J connectivity index is 2.17. The quantitative estimate of drug-likeness (QED) is 0.801. The van der Waals surface area contributed by atoms with Gasteiger partial charge in [0.2, 0.25) is 0 Å². The molecule has 0 atom stereocenters. The summed E-state index contributed by atoms with van der Waals surface area (Å²) in [4.78, 5) is 0. The molecule has 0 amide bonds. The molecule has 114 valence electrons. The Labute approximate surface area is 126 Å². The Morgan fingerprint density at radius 1 is 1.23 bits per heavy atom. The van der Waals surface area contributed by atoms with E-state index in [1.54, 1.807) is 25.3 Å². The van der Waals surface area contributed by atoms with Crippen molar-refractivity contribution in [2.24, 2.45) is 0 Å². The predicted molar refractivity (Wildman–Crippen MR) is 80.5 cm³/mol. The number of hydrogen-bond donors (Lipinski definition) is 1. The number of nitrogen functional groups attached to an aromatic ring is 1. The van der Waals surface area contributed by atoms with E-state index in [0.29, 0.717) is 29.6 Å². The van der Waals surface area contributed by atoms with E-state index >= 15 is 0 Å². The smallest absolute Gasteiger partial charge is 0.184 e. The first-order valence-electron chi connectivity index (χ1n) is 6.75. The van der Waals surface area contributed by atoms with Crippen molar-refractivity contribution in [2.45, 2.75) is 6.92 Å². The fourth-order valence-electron chi connectivity index (χ4n) is 2.27.